The number of fused-ring (bicyclic) bond motifs is 2. The maximum atomic E-state index is 12.2. The molecular weight excluding hydrogens is 303 g/mol. The van der Waals surface area contributed by atoms with Gasteiger partial charge in [0, 0.05) is 0 Å². The van der Waals surface area contributed by atoms with Crippen LogP contribution in [0.2, 0.25) is 0 Å². The van der Waals surface area contributed by atoms with Gasteiger partial charge in [0.1, 0.15) is 0 Å². The Kier molecular flexibility index (Phi) is 3.31. The number of carboxylic acids is 1. The largest absolute Gasteiger partial charge is 0.516 e. The number of hydrogen-bond donors (Lipinski definition) is 2. The van der Waals surface area contributed by atoms with Gasteiger partial charge in [-0.05, 0) is 18.3 Å². The number of allylic oxidation sites excluding steroid dienone is 2. The maximum absolute atomic E-state index is 12.2. The lowest BCUT2D eigenvalue weighted by Crippen LogP contribution is -2.46. The minimum atomic E-state index is -5.82. The molecule has 2 rings (SSSR count). The number of sulfonamides is 1. The summed E-state index contributed by atoms with van der Waals surface area (Å²) < 4.78 is 59.3. The van der Waals surface area contributed by atoms with Crippen molar-refractivity contribution >= 4 is 21.9 Å². The minimum Gasteiger partial charge on any atom is -0.481 e. The summed E-state index contributed by atoms with van der Waals surface area (Å²) in [6.45, 7) is 0. The molecular formula is C10H10F3NO5S. The van der Waals surface area contributed by atoms with Crippen LogP contribution in [0.25, 0.3) is 0 Å². The number of carbonyl (C=O) groups is 2. The number of rotatable bonds is 3. The van der Waals surface area contributed by atoms with Gasteiger partial charge in [-0.25, -0.2) is 4.72 Å². The molecule has 2 bridgehead atoms. The second-order valence-electron chi connectivity index (χ2n) is 4.75. The Morgan fingerprint density at radius 3 is 2.10 bits per heavy atom. The SMILES string of the molecule is O=C(O)C1C2C=CC(C2)C1C(=O)NS(=O)(=O)C(F)(F)F. The van der Waals surface area contributed by atoms with Crippen LogP contribution in [0.1, 0.15) is 6.42 Å². The highest BCUT2D eigenvalue weighted by Gasteiger charge is 2.54. The van der Waals surface area contributed by atoms with Crippen molar-refractivity contribution < 1.29 is 36.3 Å². The number of alkyl halides is 3. The Morgan fingerprint density at radius 1 is 1.15 bits per heavy atom. The molecule has 112 valence electrons. The van der Waals surface area contributed by atoms with E-state index in [1.54, 1.807) is 6.08 Å². The Bertz CT molecular complexity index is 582. The van der Waals surface area contributed by atoms with Crippen LogP contribution >= 0.6 is 0 Å². The minimum absolute atomic E-state index is 0.321. The highest BCUT2D eigenvalue weighted by molar-refractivity contribution is 7.90. The highest BCUT2D eigenvalue weighted by atomic mass is 32.2. The average Bonchev–Trinajstić information content (AvgIpc) is 2.85. The van der Waals surface area contributed by atoms with Crippen LogP contribution in [0.15, 0.2) is 12.2 Å². The van der Waals surface area contributed by atoms with Crippen LogP contribution in [0, 0.1) is 23.7 Å². The molecule has 1 fully saturated rings. The smallest absolute Gasteiger partial charge is 0.481 e. The molecule has 4 unspecified atom stereocenters. The van der Waals surface area contributed by atoms with Gasteiger partial charge in [0.05, 0.1) is 11.8 Å². The van der Waals surface area contributed by atoms with E-state index in [1.165, 1.54) is 6.08 Å². The van der Waals surface area contributed by atoms with E-state index in [-0.39, 0.29) is 0 Å². The van der Waals surface area contributed by atoms with Gasteiger partial charge in [0.15, 0.2) is 0 Å². The third-order valence-corrected chi connectivity index (χ3v) is 4.67. The first kappa shape index (κ1) is 14.8. The van der Waals surface area contributed by atoms with E-state index in [0.29, 0.717) is 6.42 Å². The molecule has 0 saturated heterocycles. The molecule has 2 aliphatic carbocycles. The molecule has 2 N–H and O–H groups in total. The second kappa shape index (κ2) is 4.47. The molecule has 0 heterocycles. The summed E-state index contributed by atoms with van der Waals surface area (Å²) in [4.78, 5) is 22.8. The van der Waals surface area contributed by atoms with Crippen LogP contribution < -0.4 is 4.72 Å². The molecule has 20 heavy (non-hydrogen) atoms. The van der Waals surface area contributed by atoms with Gasteiger partial charge in [-0.3, -0.25) is 9.59 Å². The lowest BCUT2D eigenvalue weighted by molar-refractivity contribution is -0.147. The first-order chi connectivity index (χ1) is 9.04. The standard InChI is InChI=1S/C10H10F3NO5S/c11-10(12,13)20(18,19)14-8(15)6-4-1-2-5(3-4)7(6)9(16)17/h1-2,4-7H,3H2,(H,14,15)(H,16,17). The Labute approximate surface area is 111 Å². The average molecular weight is 313 g/mol. The molecule has 0 aliphatic heterocycles. The Morgan fingerprint density at radius 2 is 1.65 bits per heavy atom. The van der Waals surface area contributed by atoms with Crippen LogP contribution in [0.5, 0.6) is 0 Å². The van der Waals surface area contributed by atoms with Crippen LogP contribution in [-0.2, 0) is 19.6 Å². The third kappa shape index (κ3) is 2.28. The number of aliphatic carboxylic acids is 1. The first-order valence-electron chi connectivity index (χ1n) is 5.58. The normalized spacial score (nSPS) is 32.4. The number of hydrogen-bond acceptors (Lipinski definition) is 4. The molecule has 10 heteroatoms. The third-order valence-electron chi connectivity index (χ3n) is 3.59. The maximum Gasteiger partial charge on any atom is 0.516 e. The van der Waals surface area contributed by atoms with Gasteiger partial charge in [-0.15, -0.1) is 0 Å². The van der Waals surface area contributed by atoms with E-state index in [1.807, 2.05) is 0 Å². The van der Waals surface area contributed by atoms with Crippen molar-refractivity contribution in [2.45, 2.75) is 11.9 Å². The molecule has 0 spiro atoms. The topological polar surface area (TPSA) is 101 Å². The van der Waals surface area contributed by atoms with Gasteiger partial charge in [-0.2, -0.15) is 21.6 Å². The van der Waals surface area contributed by atoms with Gasteiger partial charge in [0.2, 0.25) is 5.91 Å². The van der Waals surface area contributed by atoms with E-state index in [9.17, 15) is 31.2 Å². The van der Waals surface area contributed by atoms with Crippen molar-refractivity contribution in [2.75, 3.05) is 0 Å². The Balaban J connectivity index is 2.22. The molecule has 6 nitrogen and oxygen atoms in total. The van der Waals surface area contributed by atoms with Crippen LogP contribution in [0.4, 0.5) is 13.2 Å². The first-order valence-corrected chi connectivity index (χ1v) is 7.07. The van der Waals surface area contributed by atoms with Crippen molar-refractivity contribution in [2.24, 2.45) is 23.7 Å². The lowest BCUT2D eigenvalue weighted by atomic mass is 9.83. The van der Waals surface area contributed by atoms with Gasteiger partial charge in [-0.1, -0.05) is 12.2 Å². The summed E-state index contributed by atoms with van der Waals surface area (Å²) in [7, 11) is -5.82. The quantitative estimate of drug-likeness (QED) is 0.738. The molecule has 0 aromatic heterocycles. The summed E-state index contributed by atoms with van der Waals surface area (Å²) >= 11 is 0. The molecule has 0 aromatic rings. The van der Waals surface area contributed by atoms with Gasteiger partial charge < -0.3 is 5.11 Å². The van der Waals surface area contributed by atoms with E-state index in [4.69, 9.17) is 5.11 Å². The number of carboxylic acid groups (broad SMARTS) is 1. The molecule has 4 atom stereocenters. The van der Waals surface area contributed by atoms with Crippen molar-refractivity contribution in [1.82, 2.24) is 4.72 Å². The van der Waals surface area contributed by atoms with E-state index >= 15 is 0 Å². The predicted molar refractivity (Wildman–Crippen MR) is 58.5 cm³/mol. The molecule has 1 saturated carbocycles. The molecule has 1 amide bonds. The highest BCUT2D eigenvalue weighted by Crippen LogP contribution is 2.48. The number of amides is 1. The van der Waals surface area contributed by atoms with E-state index in [2.05, 4.69) is 0 Å². The summed E-state index contributed by atoms with van der Waals surface area (Å²) in [5.74, 6) is -6.27. The van der Waals surface area contributed by atoms with Crippen LogP contribution in [-0.4, -0.2) is 30.9 Å². The fourth-order valence-electron chi connectivity index (χ4n) is 2.77. The molecule has 0 radical (unpaired) electrons. The lowest BCUT2D eigenvalue weighted by Gasteiger charge is -2.23. The molecule has 0 aromatic carbocycles. The van der Waals surface area contributed by atoms with Gasteiger partial charge >= 0.3 is 21.5 Å². The number of halogens is 3. The van der Waals surface area contributed by atoms with Crippen molar-refractivity contribution in [3.63, 3.8) is 0 Å². The number of nitrogens with one attached hydrogen (secondary N) is 1. The van der Waals surface area contributed by atoms with Crippen molar-refractivity contribution in [1.29, 1.82) is 0 Å². The fraction of sp³-hybridized carbons (Fsp3) is 0.600. The zero-order valence-electron chi connectivity index (χ0n) is 9.79. The van der Waals surface area contributed by atoms with Crippen molar-refractivity contribution in [3.05, 3.63) is 12.2 Å². The Hall–Kier alpha value is -1.58. The van der Waals surface area contributed by atoms with Crippen LogP contribution in [0.3, 0.4) is 0 Å². The summed E-state index contributed by atoms with van der Waals surface area (Å²) in [6.07, 6.45) is 3.45. The number of carbonyl (C=O) groups excluding carboxylic acids is 1. The van der Waals surface area contributed by atoms with E-state index < -0.39 is 51.1 Å². The monoisotopic (exact) mass is 313 g/mol. The van der Waals surface area contributed by atoms with Gasteiger partial charge in [0.25, 0.3) is 0 Å². The predicted octanol–water partition coefficient (Wildman–Crippen LogP) is 0.475. The summed E-state index contributed by atoms with van der Waals surface area (Å²) in [6, 6.07) is 0. The second-order valence-corrected chi connectivity index (χ2v) is 6.43. The van der Waals surface area contributed by atoms with Crippen molar-refractivity contribution in [3.8, 4) is 0 Å². The zero-order chi connectivity index (χ0) is 15.3. The fourth-order valence-corrected chi connectivity index (χ4v) is 3.29. The molecule has 2 aliphatic rings. The summed E-state index contributed by atoms with van der Waals surface area (Å²) in [5, 5.41) is 9.03. The zero-order valence-corrected chi connectivity index (χ0v) is 10.6. The van der Waals surface area contributed by atoms with E-state index in [0.717, 1.165) is 4.72 Å². The summed E-state index contributed by atoms with van der Waals surface area (Å²) in [5.41, 5.74) is -5.62.